The molecule has 0 atom stereocenters. The fourth-order valence-electron chi connectivity index (χ4n) is 0.888. The number of nitrogens with one attached hydrogen (secondary N) is 1. The first-order chi connectivity index (χ1) is 6.65. The molecule has 0 aliphatic carbocycles. The van der Waals surface area contributed by atoms with E-state index in [1.807, 2.05) is 19.9 Å². The van der Waals surface area contributed by atoms with Gasteiger partial charge in [-0.2, -0.15) is 0 Å². The molecule has 0 saturated carbocycles. The highest BCUT2D eigenvalue weighted by Crippen LogP contribution is 2.22. The monoisotopic (exact) mass is 258 g/mol. The summed E-state index contributed by atoms with van der Waals surface area (Å²) in [6.07, 6.45) is 0. The molecule has 3 N–H and O–H groups in total. The fourth-order valence-corrected chi connectivity index (χ4v) is 1.23. The summed E-state index contributed by atoms with van der Waals surface area (Å²) in [6, 6.07) is 5.33. The normalized spacial score (nSPS) is 8.57. The van der Waals surface area contributed by atoms with Crippen LogP contribution in [0.15, 0.2) is 22.7 Å². The Bertz CT molecular complexity index is 313. The molecule has 3 nitrogen and oxygen atoms in total. The first kappa shape index (κ1) is 13.0. The molecule has 0 fully saturated rings. The number of nitrogen functional groups attached to an aromatic ring is 1. The Morgan fingerprint density at radius 2 is 2.00 bits per heavy atom. The summed E-state index contributed by atoms with van der Waals surface area (Å²) in [4.78, 5) is 0. The number of halogens is 1. The van der Waals surface area contributed by atoms with E-state index in [2.05, 4.69) is 15.9 Å². The van der Waals surface area contributed by atoms with Gasteiger partial charge in [-0.05, 0) is 18.2 Å². The minimum Gasteiger partial charge on any atom is -0.496 e. The molecule has 0 amide bonds. The van der Waals surface area contributed by atoms with E-state index in [4.69, 9.17) is 15.9 Å². The summed E-state index contributed by atoms with van der Waals surface area (Å²) in [5.74, 6) is 0.622. The Balaban J connectivity index is 0.000000791. The summed E-state index contributed by atoms with van der Waals surface area (Å²) in [6.45, 7) is 4.00. The van der Waals surface area contributed by atoms with Crippen molar-refractivity contribution in [1.29, 1.82) is 5.41 Å². The third-order valence-corrected chi connectivity index (χ3v) is 1.95. The molecule has 78 valence electrons. The topological polar surface area (TPSA) is 59.1 Å². The Morgan fingerprint density at radius 3 is 2.43 bits per heavy atom. The minimum atomic E-state index is 0.0133. The van der Waals surface area contributed by atoms with Crippen LogP contribution in [0.25, 0.3) is 0 Å². The van der Waals surface area contributed by atoms with Crippen LogP contribution >= 0.6 is 15.9 Å². The molecule has 4 heteroatoms. The molecule has 0 saturated heterocycles. The molecular weight excluding hydrogens is 244 g/mol. The van der Waals surface area contributed by atoms with Crippen molar-refractivity contribution in [3.8, 4) is 5.75 Å². The fraction of sp³-hybridized carbons (Fsp3) is 0.300. The van der Waals surface area contributed by atoms with Gasteiger partial charge in [-0.1, -0.05) is 29.8 Å². The second-order valence-corrected chi connectivity index (χ2v) is 3.17. The van der Waals surface area contributed by atoms with E-state index in [-0.39, 0.29) is 5.84 Å². The Kier molecular flexibility index (Phi) is 5.95. The van der Waals surface area contributed by atoms with Gasteiger partial charge in [0.2, 0.25) is 0 Å². The molecule has 1 aromatic rings. The zero-order chi connectivity index (χ0) is 11.1. The van der Waals surface area contributed by atoms with Crippen LogP contribution in [0.4, 0.5) is 0 Å². The molecule has 0 bridgehead atoms. The third kappa shape index (κ3) is 3.38. The Labute approximate surface area is 92.9 Å². The SMILES string of the molecule is CC.COc1cc(Br)ccc1C(=N)N. The van der Waals surface area contributed by atoms with Gasteiger partial charge in [-0.15, -0.1) is 0 Å². The van der Waals surface area contributed by atoms with Crippen molar-refractivity contribution in [3.63, 3.8) is 0 Å². The molecule has 0 heterocycles. The van der Waals surface area contributed by atoms with Crippen LogP contribution in [0.2, 0.25) is 0 Å². The summed E-state index contributed by atoms with van der Waals surface area (Å²) < 4.78 is 5.94. The highest BCUT2D eigenvalue weighted by Gasteiger charge is 2.04. The minimum absolute atomic E-state index is 0.0133. The lowest BCUT2D eigenvalue weighted by Crippen LogP contribution is -2.12. The van der Waals surface area contributed by atoms with Crippen molar-refractivity contribution in [1.82, 2.24) is 0 Å². The molecule has 0 aliphatic rings. The number of hydrogen-bond donors (Lipinski definition) is 2. The predicted octanol–water partition coefficient (Wildman–Crippen LogP) is 2.77. The van der Waals surface area contributed by atoms with Crippen molar-refractivity contribution in [3.05, 3.63) is 28.2 Å². The van der Waals surface area contributed by atoms with Crippen LogP contribution < -0.4 is 10.5 Å². The van der Waals surface area contributed by atoms with E-state index >= 15 is 0 Å². The number of methoxy groups -OCH3 is 1. The second-order valence-electron chi connectivity index (χ2n) is 2.26. The van der Waals surface area contributed by atoms with Gasteiger partial charge in [-0.25, -0.2) is 0 Å². The van der Waals surface area contributed by atoms with Gasteiger partial charge in [0.1, 0.15) is 11.6 Å². The van der Waals surface area contributed by atoms with Crippen LogP contribution in [-0.2, 0) is 0 Å². The average Bonchev–Trinajstić information content (AvgIpc) is 2.20. The van der Waals surface area contributed by atoms with E-state index in [1.54, 1.807) is 19.2 Å². The zero-order valence-corrected chi connectivity index (χ0v) is 10.2. The number of ether oxygens (including phenoxy) is 1. The van der Waals surface area contributed by atoms with E-state index < -0.39 is 0 Å². The van der Waals surface area contributed by atoms with Gasteiger partial charge in [-0.3, -0.25) is 5.41 Å². The summed E-state index contributed by atoms with van der Waals surface area (Å²) in [5.41, 5.74) is 5.94. The van der Waals surface area contributed by atoms with Crippen LogP contribution in [0.5, 0.6) is 5.75 Å². The number of nitrogens with two attached hydrogens (primary N) is 1. The first-order valence-electron chi connectivity index (χ1n) is 4.33. The maximum absolute atomic E-state index is 7.23. The van der Waals surface area contributed by atoms with Crippen molar-refractivity contribution >= 4 is 21.8 Å². The number of hydrogen-bond acceptors (Lipinski definition) is 2. The molecule has 14 heavy (non-hydrogen) atoms. The van der Waals surface area contributed by atoms with Gasteiger partial charge in [0.15, 0.2) is 0 Å². The summed E-state index contributed by atoms with van der Waals surface area (Å²) >= 11 is 3.29. The van der Waals surface area contributed by atoms with Gasteiger partial charge >= 0.3 is 0 Å². The second kappa shape index (κ2) is 6.43. The van der Waals surface area contributed by atoms with Gasteiger partial charge in [0.05, 0.1) is 12.7 Å². The quantitative estimate of drug-likeness (QED) is 0.633. The third-order valence-electron chi connectivity index (χ3n) is 1.45. The van der Waals surface area contributed by atoms with Crippen molar-refractivity contribution in [2.75, 3.05) is 7.11 Å². The maximum Gasteiger partial charge on any atom is 0.130 e. The number of benzene rings is 1. The Morgan fingerprint density at radius 1 is 1.43 bits per heavy atom. The van der Waals surface area contributed by atoms with Gasteiger partial charge < -0.3 is 10.5 Å². The van der Waals surface area contributed by atoms with Crippen molar-refractivity contribution in [2.45, 2.75) is 13.8 Å². The highest BCUT2D eigenvalue weighted by atomic mass is 79.9. The zero-order valence-electron chi connectivity index (χ0n) is 8.60. The molecule has 1 aromatic carbocycles. The first-order valence-corrected chi connectivity index (χ1v) is 5.12. The van der Waals surface area contributed by atoms with Crippen molar-refractivity contribution < 1.29 is 4.74 Å². The largest absolute Gasteiger partial charge is 0.496 e. The lowest BCUT2D eigenvalue weighted by atomic mass is 10.2. The molecule has 0 aliphatic heterocycles. The van der Waals surface area contributed by atoms with E-state index in [0.29, 0.717) is 11.3 Å². The predicted molar refractivity (Wildman–Crippen MR) is 63.1 cm³/mol. The van der Waals surface area contributed by atoms with Gasteiger partial charge in [0.25, 0.3) is 0 Å². The molecule has 0 radical (unpaired) electrons. The van der Waals surface area contributed by atoms with Crippen LogP contribution in [-0.4, -0.2) is 12.9 Å². The van der Waals surface area contributed by atoms with Crippen molar-refractivity contribution in [2.24, 2.45) is 5.73 Å². The van der Waals surface area contributed by atoms with Crippen LogP contribution in [0.3, 0.4) is 0 Å². The summed E-state index contributed by atoms with van der Waals surface area (Å²) in [7, 11) is 1.55. The highest BCUT2D eigenvalue weighted by molar-refractivity contribution is 9.10. The molecule has 0 spiro atoms. The standard InChI is InChI=1S/C8H9BrN2O.C2H6/c1-12-7-4-5(9)2-3-6(7)8(10)11;1-2/h2-4H,1H3,(H3,10,11);1-2H3. The van der Waals surface area contributed by atoms with Crippen LogP contribution in [0.1, 0.15) is 19.4 Å². The van der Waals surface area contributed by atoms with E-state index in [9.17, 15) is 0 Å². The smallest absolute Gasteiger partial charge is 0.130 e. The van der Waals surface area contributed by atoms with E-state index in [1.165, 1.54) is 0 Å². The molecule has 0 unspecified atom stereocenters. The lowest BCUT2D eigenvalue weighted by Gasteiger charge is -2.06. The molecule has 1 rings (SSSR count). The molecular formula is C10H15BrN2O. The van der Waals surface area contributed by atoms with E-state index in [0.717, 1.165) is 4.47 Å². The van der Waals surface area contributed by atoms with Gasteiger partial charge in [0, 0.05) is 4.47 Å². The lowest BCUT2D eigenvalue weighted by molar-refractivity contribution is 0.413. The number of amidine groups is 1. The van der Waals surface area contributed by atoms with Crippen LogP contribution in [0, 0.1) is 5.41 Å². The average molecular weight is 259 g/mol. The number of rotatable bonds is 2. The molecule has 0 aromatic heterocycles. The summed E-state index contributed by atoms with van der Waals surface area (Å²) in [5, 5.41) is 7.23. The maximum atomic E-state index is 7.23. The Hall–Kier alpha value is -1.03.